The van der Waals surface area contributed by atoms with Gasteiger partial charge in [-0.25, -0.2) is 0 Å². The number of benzene rings is 1. The Bertz CT molecular complexity index is 616. The summed E-state index contributed by atoms with van der Waals surface area (Å²) >= 11 is 0. The van der Waals surface area contributed by atoms with Gasteiger partial charge in [0.05, 0.1) is 12.6 Å². The molecule has 0 aliphatic carbocycles. The summed E-state index contributed by atoms with van der Waals surface area (Å²) in [5.41, 5.74) is 0.975. The van der Waals surface area contributed by atoms with E-state index >= 15 is 0 Å². The van der Waals surface area contributed by atoms with E-state index in [4.69, 9.17) is 4.42 Å². The lowest BCUT2D eigenvalue weighted by Crippen LogP contribution is -2.52. The third kappa shape index (κ3) is 4.16. The van der Waals surface area contributed by atoms with Crippen molar-refractivity contribution in [2.75, 3.05) is 26.2 Å². The zero-order chi connectivity index (χ0) is 16.2. The van der Waals surface area contributed by atoms with Crippen LogP contribution in [0.1, 0.15) is 30.4 Å². The predicted molar refractivity (Wildman–Crippen MR) is 86.7 cm³/mol. The molecule has 0 radical (unpaired) electrons. The summed E-state index contributed by atoms with van der Waals surface area (Å²) in [6, 6.07) is 10.2. The number of hydrogen-bond donors (Lipinski definition) is 1. The molecule has 3 rings (SSSR count). The van der Waals surface area contributed by atoms with Crippen LogP contribution in [0.15, 0.2) is 34.7 Å². The van der Waals surface area contributed by atoms with E-state index in [1.54, 1.807) is 0 Å². The molecule has 124 valence electrons. The summed E-state index contributed by atoms with van der Waals surface area (Å²) in [6.07, 6.45) is -0.441. The number of rotatable bonds is 5. The van der Waals surface area contributed by atoms with E-state index in [0.717, 1.165) is 25.2 Å². The van der Waals surface area contributed by atoms with Crippen LogP contribution in [-0.2, 0) is 6.54 Å². The van der Waals surface area contributed by atoms with Gasteiger partial charge in [-0.2, -0.15) is 0 Å². The van der Waals surface area contributed by atoms with Crippen LogP contribution in [-0.4, -0.2) is 57.3 Å². The van der Waals surface area contributed by atoms with Gasteiger partial charge in [-0.15, -0.1) is 10.2 Å². The van der Waals surface area contributed by atoms with E-state index in [1.165, 1.54) is 0 Å². The molecule has 23 heavy (non-hydrogen) atoms. The van der Waals surface area contributed by atoms with Gasteiger partial charge in [-0.05, 0) is 12.5 Å². The molecular formula is C17H24N4O2. The minimum Gasteiger partial charge on any atom is -0.424 e. The van der Waals surface area contributed by atoms with Crippen molar-refractivity contribution in [3.63, 3.8) is 0 Å². The monoisotopic (exact) mass is 316 g/mol. The van der Waals surface area contributed by atoms with Gasteiger partial charge in [0, 0.05) is 39.1 Å². The molecule has 1 fully saturated rings. The third-order valence-electron chi connectivity index (χ3n) is 4.37. The van der Waals surface area contributed by atoms with Crippen LogP contribution in [0.2, 0.25) is 0 Å². The lowest BCUT2D eigenvalue weighted by Gasteiger charge is -2.40. The first kappa shape index (κ1) is 16.1. The van der Waals surface area contributed by atoms with Crippen LogP contribution in [0.5, 0.6) is 0 Å². The predicted octanol–water partition coefficient (Wildman–Crippen LogP) is 1.62. The van der Waals surface area contributed by atoms with Crippen molar-refractivity contribution in [2.45, 2.75) is 32.5 Å². The van der Waals surface area contributed by atoms with Crippen molar-refractivity contribution in [3.05, 3.63) is 47.7 Å². The zero-order valence-electron chi connectivity index (χ0n) is 13.7. The number of aryl methyl sites for hydroxylation is 1. The fraction of sp³-hybridized carbons (Fsp3) is 0.529. The highest BCUT2D eigenvalue weighted by atomic mass is 16.4. The summed E-state index contributed by atoms with van der Waals surface area (Å²) < 4.78 is 5.45. The van der Waals surface area contributed by atoms with Gasteiger partial charge in [0.25, 0.3) is 0 Å². The maximum Gasteiger partial charge on any atom is 0.230 e. The molecular weight excluding hydrogens is 292 g/mol. The Morgan fingerprint density at radius 1 is 1.26 bits per heavy atom. The van der Waals surface area contributed by atoms with Crippen LogP contribution >= 0.6 is 0 Å². The average molecular weight is 316 g/mol. The largest absolute Gasteiger partial charge is 0.424 e. The van der Waals surface area contributed by atoms with Gasteiger partial charge in [0.2, 0.25) is 11.8 Å². The van der Waals surface area contributed by atoms with Crippen molar-refractivity contribution in [1.29, 1.82) is 0 Å². The Morgan fingerprint density at radius 2 is 2.04 bits per heavy atom. The number of β-amino-alcohol motifs (C(OH)–C–C–N with tert-alkyl or cyclic N) is 1. The molecule has 6 heteroatoms. The average Bonchev–Trinajstić information content (AvgIpc) is 2.96. The quantitative estimate of drug-likeness (QED) is 0.904. The summed E-state index contributed by atoms with van der Waals surface area (Å²) in [6.45, 7) is 8.16. The van der Waals surface area contributed by atoms with Crippen LogP contribution in [0, 0.1) is 6.92 Å². The lowest BCUT2D eigenvalue weighted by molar-refractivity contribution is 0.0334. The topological polar surface area (TPSA) is 65.6 Å². The molecule has 0 bridgehead atoms. The Kier molecular flexibility index (Phi) is 5.05. The minimum atomic E-state index is -0.441. The van der Waals surface area contributed by atoms with Crippen LogP contribution < -0.4 is 0 Å². The maximum atomic E-state index is 10.4. The van der Waals surface area contributed by atoms with E-state index in [1.807, 2.05) is 37.3 Å². The summed E-state index contributed by atoms with van der Waals surface area (Å²) in [5.74, 6) is 1.28. The fourth-order valence-electron chi connectivity index (χ4n) is 3.08. The Labute approximate surface area is 136 Å². The first-order valence-electron chi connectivity index (χ1n) is 8.10. The zero-order valence-corrected chi connectivity index (χ0v) is 13.7. The molecule has 0 spiro atoms. The van der Waals surface area contributed by atoms with Crippen molar-refractivity contribution in [3.8, 4) is 0 Å². The highest BCUT2D eigenvalue weighted by Gasteiger charge is 2.26. The number of hydrogen-bond acceptors (Lipinski definition) is 6. The van der Waals surface area contributed by atoms with Crippen molar-refractivity contribution in [1.82, 2.24) is 20.0 Å². The highest BCUT2D eigenvalue weighted by molar-refractivity contribution is 5.17. The van der Waals surface area contributed by atoms with Gasteiger partial charge in [0.1, 0.15) is 0 Å². The van der Waals surface area contributed by atoms with Gasteiger partial charge >= 0.3 is 0 Å². The molecule has 1 aliphatic heterocycles. The Balaban J connectivity index is 1.52. The SMILES string of the molecule is Cc1nnc(CN2CCN(CC(O)c3ccccc3)C(C)C2)o1. The molecule has 2 unspecified atom stereocenters. The van der Waals surface area contributed by atoms with E-state index in [9.17, 15) is 5.11 Å². The second-order valence-corrected chi connectivity index (χ2v) is 6.22. The first-order chi connectivity index (χ1) is 11.1. The molecule has 1 saturated heterocycles. The van der Waals surface area contributed by atoms with E-state index in [0.29, 0.717) is 30.9 Å². The number of aliphatic hydroxyl groups excluding tert-OH is 1. The van der Waals surface area contributed by atoms with Gasteiger partial charge < -0.3 is 9.52 Å². The first-order valence-corrected chi connectivity index (χ1v) is 8.10. The summed E-state index contributed by atoms with van der Waals surface area (Å²) in [5, 5.41) is 18.3. The van der Waals surface area contributed by atoms with Gasteiger partial charge in [-0.3, -0.25) is 9.80 Å². The standard InChI is InChI=1S/C17H24N4O2/c1-13-10-20(12-17-19-18-14(2)23-17)8-9-21(13)11-16(22)15-6-4-3-5-7-15/h3-7,13,16,22H,8-12H2,1-2H3. The van der Waals surface area contributed by atoms with Crippen LogP contribution in [0.3, 0.4) is 0 Å². The number of nitrogens with zero attached hydrogens (tertiary/aromatic N) is 4. The van der Waals surface area contributed by atoms with Crippen molar-refractivity contribution < 1.29 is 9.52 Å². The highest BCUT2D eigenvalue weighted by Crippen LogP contribution is 2.18. The molecule has 0 saturated carbocycles. The second kappa shape index (κ2) is 7.21. The second-order valence-electron chi connectivity index (χ2n) is 6.22. The normalized spacial score (nSPS) is 21.4. The molecule has 1 aliphatic rings. The third-order valence-corrected chi connectivity index (χ3v) is 4.37. The maximum absolute atomic E-state index is 10.4. The minimum absolute atomic E-state index is 0.381. The number of aliphatic hydroxyl groups is 1. The van der Waals surface area contributed by atoms with Gasteiger partial charge in [0.15, 0.2) is 0 Å². The molecule has 2 heterocycles. The summed E-state index contributed by atoms with van der Waals surface area (Å²) in [7, 11) is 0. The van der Waals surface area contributed by atoms with E-state index in [-0.39, 0.29) is 0 Å². The van der Waals surface area contributed by atoms with Crippen molar-refractivity contribution in [2.24, 2.45) is 0 Å². The van der Waals surface area contributed by atoms with Crippen molar-refractivity contribution >= 4 is 0 Å². The fourth-order valence-corrected chi connectivity index (χ4v) is 3.08. The number of piperazine rings is 1. The Hall–Kier alpha value is -1.76. The Morgan fingerprint density at radius 3 is 2.70 bits per heavy atom. The molecule has 2 aromatic rings. The van der Waals surface area contributed by atoms with Crippen LogP contribution in [0.25, 0.3) is 0 Å². The van der Waals surface area contributed by atoms with Gasteiger partial charge in [-0.1, -0.05) is 30.3 Å². The van der Waals surface area contributed by atoms with E-state index < -0.39 is 6.10 Å². The molecule has 1 N–H and O–H groups in total. The van der Waals surface area contributed by atoms with E-state index in [2.05, 4.69) is 26.9 Å². The molecule has 1 aromatic carbocycles. The number of aromatic nitrogens is 2. The lowest BCUT2D eigenvalue weighted by atomic mass is 10.1. The molecule has 6 nitrogen and oxygen atoms in total. The molecule has 0 amide bonds. The summed E-state index contributed by atoms with van der Waals surface area (Å²) in [4.78, 5) is 4.66. The van der Waals surface area contributed by atoms with Crippen LogP contribution in [0.4, 0.5) is 0 Å². The molecule has 1 aromatic heterocycles. The smallest absolute Gasteiger partial charge is 0.230 e. The molecule has 2 atom stereocenters.